The molecule has 0 saturated heterocycles. The standard InChI is InChI=1S/C14H15ClFN3/c1-8-4-2-3-5-9(8)7-19-14-11(18)6-10(17)12(15)13(14)16/h2-6,19H,7,17-18H2,1H3. The lowest BCUT2D eigenvalue weighted by Crippen LogP contribution is -2.07. The van der Waals surface area contributed by atoms with Gasteiger partial charge in [0.05, 0.1) is 17.1 Å². The normalized spacial score (nSPS) is 10.5. The van der Waals surface area contributed by atoms with Gasteiger partial charge in [-0.2, -0.15) is 0 Å². The maximum absolute atomic E-state index is 14.0. The first-order chi connectivity index (χ1) is 9.00. The summed E-state index contributed by atoms with van der Waals surface area (Å²) in [6.45, 7) is 2.46. The zero-order chi connectivity index (χ0) is 14.0. The van der Waals surface area contributed by atoms with Crippen molar-refractivity contribution in [2.75, 3.05) is 16.8 Å². The van der Waals surface area contributed by atoms with Crippen molar-refractivity contribution in [2.45, 2.75) is 13.5 Å². The van der Waals surface area contributed by atoms with Crippen LogP contribution >= 0.6 is 11.6 Å². The highest BCUT2D eigenvalue weighted by Crippen LogP contribution is 2.33. The van der Waals surface area contributed by atoms with Gasteiger partial charge in [-0.25, -0.2) is 4.39 Å². The summed E-state index contributed by atoms with van der Waals surface area (Å²) in [5.41, 5.74) is 14.0. The van der Waals surface area contributed by atoms with Gasteiger partial charge in [0, 0.05) is 6.54 Å². The summed E-state index contributed by atoms with van der Waals surface area (Å²) in [5, 5.41) is 2.86. The molecule has 0 aliphatic carbocycles. The molecule has 19 heavy (non-hydrogen) atoms. The number of nitrogen functional groups attached to an aromatic ring is 2. The summed E-state index contributed by atoms with van der Waals surface area (Å²) in [7, 11) is 0. The second-order valence-electron chi connectivity index (χ2n) is 4.34. The number of nitrogens with two attached hydrogens (primary N) is 2. The highest BCUT2D eigenvalue weighted by Gasteiger charge is 2.14. The van der Waals surface area contributed by atoms with Crippen molar-refractivity contribution >= 4 is 28.7 Å². The highest BCUT2D eigenvalue weighted by atomic mass is 35.5. The van der Waals surface area contributed by atoms with E-state index in [0.717, 1.165) is 11.1 Å². The minimum atomic E-state index is -0.618. The van der Waals surface area contributed by atoms with Crippen LogP contribution in [0.15, 0.2) is 30.3 Å². The van der Waals surface area contributed by atoms with E-state index in [1.54, 1.807) is 0 Å². The van der Waals surface area contributed by atoms with E-state index in [1.165, 1.54) is 6.07 Å². The van der Waals surface area contributed by atoms with Crippen molar-refractivity contribution in [3.8, 4) is 0 Å². The van der Waals surface area contributed by atoms with Crippen molar-refractivity contribution in [1.82, 2.24) is 0 Å². The Balaban J connectivity index is 2.26. The number of benzene rings is 2. The Hall–Kier alpha value is -1.94. The van der Waals surface area contributed by atoms with Gasteiger partial charge in [-0.3, -0.25) is 0 Å². The third-order valence-corrected chi connectivity index (χ3v) is 3.37. The van der Waals surface area contributed by atoms with Crippen LogP contribution in [-0.2, 0) is 6.54 Å². The molecule has 0 amide bonds. The van der Waals surface area contributed by atoms with Crippen LogP contribution in [0.1, 0.15) is 11.1 Å². The molecule has 3 nitrogen and oxygen atoms in total. The lowest BCUT2D eigenvalue weighted by Gasteiger charge is -2.14. The Morgan fingerprint density at radius 3 is 2.58 bits per heavy atom. The van der Waals surface area contributed by atoms with Gasteiger partial charge >= 0.3 is 0 Å². The minimum absolute atomic E-state index is 0.110. The van der Waals surface area contributed by atoms with E-state index in [2.05, 4.69) is 5.32 Å². The summed E-state index contributed by atoms with van der Waals surface area (Å²) in [5.74, 6) is -0.618. The predicted octanol–water partition coefficient (Wildman–Crippen LogP) is 3.56. The van der Waals surface area contributed by atoms with Crippen LogP contribution in [0.5, 0.6) is 0 Å². The van der Waals surface area contributed by atoms with Gasteiger partial charge in [-0.1, -0.05) is 35.9 Å². The zero-order valence-corrected chi connectivity index (χ0v) is 11.3. The predicted molar refractivity (Wildman–Crippen MR) is 78.7 cm³/mol. The number of hydrogen-bond donors (Lipinski definition) is 3. The monoisotopic (exact) mass is 279 g/mol. The molecule has 0 heterocycles. The Morgan fingerprint density at radius 2 is 1.89 bits per heavy atom. The van der Waals surface area contributed by atoms with Crippen LogP contribution in [0.2, 0.25) is 5.02 Å². The first kappa shape index (κ1) is 13.5. The maximum Gasteiger partial charge on any atom is 0.169 e. The smallest absolute Gasteiger partial charge is 0.169 e. The van der Waals surface area contributed by atoms with Crippen LogP contribution in [0.25, 0.3) is 0 Å². The van der Waals surface area contributed by atoms with E-state index in [1.807, 2.05) is 31.2 Å². The molecule has 0 aliphatic rings. The summed E-state index contributed by atoms with van der Waals surface area (Å²) in [4.78, 5) is 0. The molecule has 0 unspecified atom stereocenters. The van der Waals surface area contributed by atoms with E-state index in [4.69, 9.17) is 23.1 Å². The molecule has 0 atom stereocenters. The maximum atomic E-state index is 14.0. The summed E-state index contributed by atoms with van der Waals surface area (Å²) in [6, 6.07) is 9.29. The number of hydrogen-bond acceptors (Lipinski definition) is 3. The van der Waals surface area contributed by atoms with Gasteiger partial charge in [0.25, 0.3) is 0 Å². The highest BCUT2D eigenvalue weighted by molar-refractivity contribution is 6.33. The summed E-state index contributed by atoms with van der Waals surface area (Å²) in [6.07, 6.45) is 0. The molecule has 0 fully saturated rings. The molecule has 2 aromatic rings. The molecule has 2 aromatic carbocycles. The molecule has 0 saturated carbocycles. The molecule has 0 aromatic heterocycles. The number of halogens is 2. The lowest BCUT2D eigenvalue weighted by molar-refractivity contribution is 0.632. The molecular weight excluding hydrogens is 265 g/mol. The summed E-state index contributed by atoms with van der Waals surface area (Å²) < 4.78 is 14.0. The Morgan fingerprint density at radius 1 is 1.21 bits per heavy atom. The van der Waals surface area contributed by atoms with Crippen LogP contribution in [0, 0.1) is 12.7 Å². The Kier molecular flexibility index (Phi) is 3.81. The summed E-state index contributed by atoms with van der Waals surface area (Å²) >= 11 is 5.77. The van der Waals surface area contributed by atoms with Crippen molar-refractivity contribution in [1.29, 1.82) is 0 Å². The van der Waals surface area contributed by atoms with Crippen molar-refractivity contribution in [3.05, 3.63) is 52.3 Å². The Bertz CT molecular complexity index is 614. The fraction of sp³-hybridized carbons (Fsp3) is 0.143. The molecule has 5 N–H and O–H groups in total. The molecule has 0 spiro atoms. The second kappa shape index (κ2) is 5.36. The van der Waals surface area contributed by atoms with Gasteiger partial charge in [0.15, 0.2) is 5.82 Å². The number of aryl methyl sites for hydroxylation is 1. The third kappa shape index (κ3) is 2.74. The molecule has 100 valence electrons. The topological polar surface area (TPSA) is 64.1 Å². The molecule has 0 radical (unpaired) electrons. The van der Waals surface area contributed by atoms with E-state index in [-0.39, 0.29) is 22.1 Å². The van der Waals surface area contributed by atoms with Gasteiger partial charge < -0.3 is 16.8 Å². The van der Waals surface area contributed by atoms with Crippen LogP contribution in [0.3, 0.4) is 0 Å². The van der Waals surface area contributed by atoms with Gasteiger partial charge in [0.1, 0.15) is 5.02 Å². The van der Waals surface area contributed by atoms with E-state index >= 15 is 0 Å². The number of nitrogens with one attached hydrogen (secondary N) is 1. The fourth-order valence-electron chi connectivity index (χ4n) is 1.84. The average Bonchev–Trinajstić information content (AvgIpc) is 2.38. The first-order valence-electron chi connectivity index (χ1n) is 5.82. The van der Waals surface area contributed by atoms with Crippen molar-refractivity contribution < 1.29 is 4.39 Å². The fourth-order valence-corrected chi connectivity index (χ4v) is 1.99. The van der Waals surface area contributed by atoms with Crippen molar-refractivity contribution in [3.63, 3.8) is 0 Å². The second-order valence-corrected chi connectivity index (χ2v) is 4.72. The van der Waals surface area contributed by atoms with Crippen LogP contribution < -0.4 is 16.8 Å². The molecule has 2 rings (SSSR count). The molecule has 0 aliphatic heterocycles. The van der Waals surface area contributed by atoms with E-state index in [9.17, 15) is 4.39 Å². The van der Waals surface area contributed by atoms with Gasteiger partial charge in [-0.15, -0.1) is 0 Å². The molecular formula is C14H15ClFN3. The Labute approximate surface area is 116 Å². The van der Waals surface area contributed by atoms with E-state index < -0.39 is 5.82 Å². The zero-order valence-electron chi connectivity index (χ0n) is 10.5. The van der Waals surface area contributed by atoms with Crippen molar-refractivity contribution in [2.24, 2.45) is 0 Å². The number of anilines is 3. The molecule has 0 bridgehead atoms. The number of rotatable bonds is 3. The van der Waals surface area contributed by atoms with E-state index in [0.29, 0.717) is 6.54 Å². The first-order valence-corrected chi connectivity index (χ1v) is 6.20. The third-order valence-electron chi connectivity index (χ3n) is 2.98. The van der Waals surface area contributed by atoms with Gasteiger partial charge in [0.2, 0.25) is 0 Å². The lowest BCUT2D eigenvalue weighted by atomic mass is 10.1. The largest absolute Gasteiger partial charge is 0.397 e. The quantitative estimate of drug-likeness (QED) is 0.753. The average molecular weight is 280 g/mol. The molecule has 5 heteroatoms. The van der Waals surface area contributed by atoms with Gasteiger partial charge in [-0.05, 0) is 24.1 Å². The van der Waals surface area contributed by atoms with Crippen LogP contribution in [0.4, 0.5) is 21.5 Å². The SMILES string of the molecule is Cc1ccccc1CNc1c(N)cc(N)c(Cl)c1F. The minimum Gasteiger partial charge on any atom is -0.397 e. The van der Waals surface area contributed by atoms with Crippen LogP contribution in [-0.4, -0.2) is 0 Å².